The number of rotatable bonds is 4. The molecule has 26 heavy (non-hydrogen) atoms. The van der Waals surface area contributed by atoms with Gasteiger partial charge in [-0.25, -0.2) is 12.7 Å². The van der Waals surface area contributed by atoms with Gasteiger partial charge in [-0.15, -0.1) is 0 Å². The molecule has 6 nitrogen and oxygen atoms in total. The van der Waals surface area contributed by atoms with Gasteiger partial charge in [-0.3, -0.25) is 4.79 Å². The summed E-state index contributed by atoms with van der Waals surface area (Å²) in [6.07, 6.45) is 1.23. The van der Waals surface area contributed by atoms with E-state index >= 15 is 0 Å². The summed E-state index contributed by atoms with van der Waals surface area (Å²) in [5.74, 6) is 0.220. The van der Waals surface area contributed by atoms with Crippen LogP contribution < -0.4 is 4.90 Å². The Bertz CT molecular complexity index is 740. The van der Waals surface area contributed by atoms with Crippen LogP contribution in [0.15, 0.2) is 24.3 Å². The third-order valence-electron chi connectivity index (χ3n) is 5.35. The average Bonchev–Trinajstić information content (AvgIpc) is 2.68. The molecule has 0 saturated carbocycles. The predicted octanol–water partition coefficient (Wildman–Crippen LogP) is 2.05. The van der Waals surface area contributed by atoms with Crippen molar-refractivity contribution in [2.45, 2.75) is 19.8 Å². The van der Waals surface area contributed by atoms with Gasteiger partial charge in [0, 0.05) is 45.2 Å². The molecule has 1 aromatic rings. The van der Waals surface area contributed by atoms with Crippen LogP contribution in [0.3, 0.4) is 0 Å². The molecule has 2 heterocycles. The number of amides is 1. The van der Waals surface area contributed by atoms with Crippen LogP contribution in [0.4, 0.5) is 5.69 Å². The average molecular weight is 400 g/mol. The molecule has 0 atom stereocenters. The highest BCUT2D eigenvalue weighted by Crippen LogP contribution is 2.27. The molecule has 2 fully saturated rings. The summed E-state index contributed by atoms with van der Waals surface area (Å²) in [5, 5.41) is 0.733. The number of carbonyl (C=O) groups is 1. The fraction of sp³-hybridized carbons (Fsp3) is 0.611. The molecule has 8 heteroatoms. The number of nitrogens with zero attached hydrogens (tertiary/aromatic N) is 3. The van der Waals surface area contributed by atoms with E-state index in [9.17, 15) is 13.2 Å². The smallest absolute Gasteiger partial charge is 0.225 e. The maximum Gasteiger partial charge on any atom is 0.225 e. The van der Waals surface area contributed by atoms with E-state index in [1.807, 2.05) is 29.2 Å². The Morgan fingerprint density at radius 1 is 1.08 bits per heavy atom. The van der Waals surface area contributed by atoms with Crippen LogP contribution in [0.2, 0.25) is 5.02 Å². The first kappa shape index (κ1) is 19.5. The van der Waals surface area contributed by atoms with Crippen molar-refractivity contribution in [2.75, 3.05) is 49.9 Å². The maximum absolute atomic E-state index is 12.8. The van der Waals surface area contributed by atoms with Crippen LogP contribution in [0, 0.1) is 5.92 Å². The van der Waals surface area contributed by atoms with Crippen molar-refractivity contribution in [3.8, 4) is 0 Å². The van der Waals surface area contributed by atoms with E-state index < -0.39 is 10.0 Å². The van der Waals surface area contributed by atoms with Gasteiger partial charge in [0.25, 0.3) is 0 Å². The second-order valence-corrected chi connectivity index (χ2v) is 9.50. The topological polar surface area (TPSA) is 60.9 Å². The third-order valence-corrected chi connectivity index (χ3v) is 7.55. The van der Waals surface area contributed by atoms with Crippen LogP contribution in [0.5, 0.6) is 0 Å². The normalized spacial score (nSPS) is 20.4. The lowest BCUT2D eigenvalue weighted by Gasteiger charge is -2.39. The monoisotopic (exact) mass is 399 g/mol. The Morgan fingerprint density at radius 2 is 1.69 bits per heavy atom. The van der Waals surface area contributed by atoms with Gasteiger partial charge in [0.2, 0.25) is 15.9 Å². The zero-order chi connectivity index (χ0) is 18.7. The Balaban J connectivity index is 1.52. The first-order valence-electron chi connectivity index (χ1n) is 9.18. The van der Waals surface area contributed by atoms with E-state index in [0.717, 1.165) is 23.8 Å². The summed E-state index contributed by atoms with van der Waals surface area (Å²) in [6.45, 7) is 5.44. The van der Waals surface area contributed by atoms with Crippen LogP contribution in [-0.2, 0) is 14.8 Å². The highest BCUT2D eigenvalue weighted by molar-refractivity contribution is 7.89. The molecule has 0 unspecified atom stereocenters. The minimum atomic E-state index is -3.15. The highest BCUT2D eigenvalue weighted by atomic mass is 35.5. The van der Waals surface area contributed by atoms with E-state index in [0.29, 0.717) is 39.0 Å². The van der Waals surface area contributed by atoms with Crippen LogP contribution >= 0.6 is 11.6 Å². The lowest BCUT2D eigenvalue weighted by Crippen LogP contribution is -2.52. The number of sulfonamides is 1. The van der Waals surface area contributed by atoms with Crippen molar-refractivity contribution in [2.24, 2.45) is 5.92 Å². The lowest BCUT2D eigenvalue weighted by atomic mass is 9.96. The summed E-state index contributed by atoms with van der Waals surface area (Å²) in [6, 6.07) is 7.77. The standard InChI is InChI=1S/C18H26ClN3O3S/c1-2-26(24,25)22-9-7-15(8-10-22)18(23)21-13-11-20(12-14-21)17-6-4-3-5-16(17)19/h3-6,15H,2,7-14H2,1H3. The van der Waals surface area contributed by atoms with Crippen molar-refractivity contribution >= 4 is 33.2 Å². The summed E-state index contributed by atoms with van der Waals surface area (Å²) in [4.78, 5) is 16.9. The quantitative estimate of drug-likeness (QED) is 0.777. The van der Waals surface area contributed by atoms with Gasteiger partial charge < -0.3 is 9.80 Å². The SMILES string of the molecule is CCS(=O)(=O)N1CCC(C(=O)N2CCN(c3ccccc3Cl)CC2)CC1. The van der Waals surface area contributed by atoms with Crippen molar-refractivity contribution in [3.05, 3.63) is 29.3 Å². The molecule has 2 saturated heterocycles. The fourth-order valence-electron chi connectivity index (χ4n) is 3.70. The largest absolute Gasteiger partial charge is 0.367 e. The molecule has 0 spiro atoms. The summed E-state index contributed by atoms with van der Waals surface area (Å²) in [7, 11) is -3.15. The summed E-state index contributed by atoms with van der Waals surface area (Å²) < 4.78 is 25.4. The Labute approximate surface area is 160 Å². The second-order valence-electron chi connectivity index (χ2n) is 6.84. The Kier molecular flexibility index (Phi) is 6.10. The third kappa shape index (κ3) is 4.15. The van der Waals surface area contributed by atoms with Crippen LogP contribution in [0.25, 0.3) is 0 Å². The molecule has 3 rings (SSSR count). The molecule has 0 radical (unpaired) electrons. The van der Waals surface area contributed by atoms with Crippen molar-refractivity contribution in [1.29, 1.82) is 0 Å². The fourth-order valence-corrected chi connectivity index (χ4v) is 5.09. The number of benzene rings is 1. The van der Waals surface area contributed by atoms with E-state index in [1.165, 1.54) is 4.31 Å². The van der Waals surface area contributed by atoms with Crippen molar-refractivity contribution < 1.29 is 13.2 Å². The Hall–Kier alpha value is -1.31. The molecule has 2 aliphatic heterocycles. The van der Waals surface area contributed by atoms with E-state index in [2.05, 4.69) is 4.90 Å². The Morgan fingerprint density at radius 3 is 2.27 bits per heavy atom. The minimum absolute atomic E-state index is 0.0647. The summed E-state index contributed by atoms with van der Waals surface area (Å²) in [5.41, 5.74) is 1.01. The molecular weight excluding hydrogens is 374 g/mol. The molecule has 0 N–H and O–H groups in total. The highest BCUT2D eigenvalue weighted by Gasteiger charge is 2.33. The number of hydrogen-bond acceptors (Lipinski definition) is 4. The maximum atomic E-state index is 12.8. The van der Waals surface area contributed by atoms with Crippen molar-refractivity contribution in [1.82, 2.24) is 9.21 Å². The zero-order valence-electron chi connectivity index (χ0n) is 15.1. The number of para-hydroxylation sites is 1. The molecule has 0 bridgehead atoms. The number of carbonyl (C=O) groups excluding carboxylic acids is 1. The number of hydrogen-bond donors (Lipinski definition) is 0. The first-order valence-corrected chi connectivity index (χ1v) is 11.2. The minimum Gasteiger partial charge on any atom is -0.367 e. The number of piperazine rings is 1. The van der Waals surface area contributed by atoms with E-state index in [-0.39, 0.29) is 17.6 Å². The molecule has 0 aromatic heterocycles. The molecule has 1 aromatic carbocycles. The summed E-state index contributed by atoms with van der Waals surface area (Å²) >= 11 is 6.26. The zero-order valence-corrected chi connectivity index (χ0v) is 16.7. The van der Waals surface area contributed by atoms with Gasteiger partial charge in [-0.2, -0.15) is 0 Å². The van der Waals surface area contributed by atoms with Gasteiger partial charge in [0.1, 0.15) is 0 Å². The van der Waals surface area contributed by atoms with Gasteiger partial charge in [-0.05, 0) is 31.9 Å². The van der Waals surface area contributed by atoms with Gasteiger partial charge in [0.05, 0.1) is 16.5 Å². The van der Waals surface area contributed by atoms with Crippen LogP contribution in [-0.4, -0.2) is 68.6 Å². The molecule has 0 aliphatic carbocycles. The second kappa shape index (κ2) is 8.15. The first-order chi connectivity index (χ1) is 12.4. The van der Waals surface area contributed by atoms with Crippen LogP contribution in [0.1, 0.15) is 19.8 Å². The molecule has 2 aliphatic rings. The number of halogens is 1. The molecular formula is C18H26ClN3O3S. The van der Waals surface area contributed by atoms with Gasteiger partial charge in [0.15, 0.2) is 0 Å². The van der Waals surface area contributed by atoms with Crippen molar-refractivity contribution in [3.63, 3.8) is 0 Å². The van der Waals surface area contributed by atoms with E-state index in [1.54, 1.807) is 6.92 Å². The lowest BCUT2D eigenvalue weighted by molar-refractivity contribution is -0.137. The van der Waals surface area contributed by atoms with E-state index in [4.69, 9.17) is 11.6 Å². The van der Waals surface area contributed by atoms with Gasteiger partial charge >= 0.3 is 0 Å². The van der Waals surface area contributed by atoms with Gasteiger partial charge in [-0.1, -0.05) is 23.7 Å². The number of anilines is 1. The number of piperidine rings is 1. The molecule has 1 amide bonds. The predicted molar refractivity (Wildman–Crippen MR) is 104 cm³/mol. The molecule has 144 valence electrons.